The summed E-state index contributed by atoms with van der Waals surface area (Å²) in [6.07, 6.45) is 6.19. The second kappa shape index (κ2) is 6.55. The molecular formula is C18H23N5O2. The van der Waals surface area contributed by atoms with E-state index >= 15 is 0 Å². The molecule has 1 saturated heterocycles. The fourth-order valence-corrected chi connectivity index (χ4v) is 4.27. The smallest absolute Gasteiger partial charge is 0.252 e. The number of amides is 1. The van der Waals surface area contributed by atoms with Crippen LogP contribution in [0.4, 0.5) is 0 Å². The molecule has 2 aromatic rings. The maximum atomic E-state index is 13.3. The number of benzene rings is 1. The fraction of sp³-hybridized carbons (Fsp3) is 0.556. The summed E-state index contributed by atoms with van der Waals surface area (Å²) in [7, 11) is 0. The Labute approximate surface area is 146 Å². The van der Waals surface area contributed by atoms with E-state index in [-0.39, 0.29) is 11.8 Å². The normalized spacial score (nSPS) is 27.6. The Balaban J connectivity index is 1.59. The van der Waals surface area contributed by atoms with Crippen LogP contribution < -0.4 is 0 Å². The van der Waals surface area contributed by atoms with Crippen molar-refractivity contribution in [1.29, 1.82) is 0 Å². The highest BCUT2D eigenvalue weighted by atomic mass is 16.3. The van der Waals surface area contributed by atoms with Crippen LogP contribution in [0.5, 0.6) is 0 Å². The average Bonchev–Trinajstić information content (AvgIpc) is 3.16. The molecule has 1 amide bonds. The standard InChI is InChI=1S/C18H23N5O2/c24-17(22-11-10-18(25)9-5-4-8-15(18)12-22)16(23-13-19-20-21-23)14-6-2-1-3-7-14/h1-3,6-7,13,15-16,25H,4-5,8-12H2/t15-,16-,18+/m0/s1. The first-order valence-electron chi connectivity index (χ1n) is 8.96. The third kappa shape index (κ3) is 3.04. The van der Waals surface area contributed by atoms with E-state index in [1.165, 1.54) is 11.0 Å². The van der Waals surface area contributed by atoms with Gasteiger partial charge in [-0.3, -0.25) is 4.79 Å². The lowest BCUT2D eigenvalue weighted by Crippen LogP contribution is -2.55. The molecule has 1 aromatic carbocycles. The fourth-order valence-electron chi connectivity index (χ4n) is 4.27. The molecule has 0 radical (unpaired) electrons. The van der Waals surface area contributed by atoms with Gasteiger partial charge < -0.3 is 10.0 Å². The summed E-state index contributed by atoms with van der Waals surface area (Å²) < 4.78 is 1.51. The highest BCUT2D eigenvalue weighted by molar-refractivity contribution is 5.83. The molecule has 0 unspecified atom stereocenters. The highest BCUT2D eigenvalue weighted by Crippen LogP contribution is 2.40. The van der Waals surface area contributed by atoms with Crippen LogP contribution in [-0.2, 0) is 4.79 Å². The van der Waals surface area contributed by atoms with E-state index < -0.39 is 11.6 Å². The molecule has 2 heterocycles. The summed E-state index contributed by atoms with van der Waals surface area (Å²) in [6.45, 7) is 1.19. The number of carbonyl (C=O) groups is 1. The monoisotopic (exact) mass is 341 g/mol. The second-order valence-corrected chi connectivity index (χ2v) is 7.18. The van der Waals surface area contributed by atoms with Crippen molar-refractivity contribution in [1.82, 2.24) is 25.1 Å². The van der Waals surface area contributed by atoms with Crippen molar-refractivity contribution >= 4 is 5.91 Å². The quantitative estimate of drug-likeness (QED) is 0.913. The van der Waals surface area contributed by atoms with Crippen LogP contribution in [-0.4, -0.2) is 54.8 Å². The Morgan fingerprint density at radius 1 is 1.24 bits per heavy atom. The summed E-state index contributed by atoms with van der Waals surface area (Å²) in [5, 5.41) is 22.2. The van der Waals surface area contributed by atoms with Crippen molar-refractivity contribution in [3.63, 3.8) is 0 Å². The van der Waals surface area contributed by atoms with Gasteiger partial charge in [0.2, 0.25) is 0 Å². The van der Waals surface area contributed by atoms with E-state index in [0.717, 1.165) is 31.2 Å². The second-order valence-electron chi connectivity index (χ2n) is 7.18. The molecule has 1 aliphatic heterocycles. The van der Waals surface area contributed by atoms with Gasteiger partial charge in [-0.1, -0.05) is 43.2 Å². The number of tetrazole rings is 1. The number of likely N-dealkylation sites (tertiary alicyclic amines) is 1. The van der Waals surface area contributed by atoms with E-state index in [9.17, 15) is 9.90 Å². The number of aromatic nitrogens is 4. The Kier molecular flexibility index (Phi) is 4.25. The predicted octanol–water partition coefficient (Wildman–Crippen LogP) is 1.42. The molecule has 4 rings (SSSR count). The molecule has 2 fully saturated rings. The Hall–Kier alpha value is -2.28. The number of aliphatic hydroxyl groups is 1. The van der Waals surface area contributed by atoms with E-state index in [0.29, 0.717) is 19.5 Å². The summed E-state index contributed by atoms with van der Waals surface area (Å²) in [4.78, 5) is 15.2. The minimum absolute atomic E-state index is 0.00822. The summed E-state index contributed by atoms with van der Waals surface area (Å²) >= 11 is 0. The molecule has 2 aliphatic rings. The van der Waals surface area contributed by atoms with Gasteiger partial charge in [0.25, 0.3) is 5.91 Å². The van der Waals surface area contributed by atoms with E-state index in [2.05, 4.69) is 15.5 Å². The number of fused-ring (bicyclic) bond motifs is 1. The summed E-state index contributed by atoms with van der Waals surface area (Å²) in [5.41, 5.74) is 0.274. The maximum Gasteiger partial charge on any atom is 0.252 e. The zero-order valence-electron chi connectivity index (χ0n) is 14.2. The Morgan fingerprint density at radius 3 is 2.84 bits per heavy atom. The van der Waals surface area contributed by atoms with Crippen molar-refractivity contribution < 1.29 is 9.90 Å². The van der Waals surface area contributed by atoms with E-state index in [1.807, 2.05) is 35.2 Å². The van der Waals surface area contributed by atoms with Crippen LogP contribution in [0.25, 0.3) is 0 Å². The van der Waals surface area contributed by atoms with Gasteiger partial charge >= 0.3 is 0 Å². The molecule has 0 spiro atoms. The van der Waals surface area contributed by atoms with Crippen LogP contribution in [0.15, 0.2) is 36.7 Å². The minimum atomic E-state index is -0.591. The van der Waals surface area contributed by atoms with Gasteiger partial charge in [-0.15, -0.1) is 5.10 Å². The van der Waals surface area contributed by atoms with Gasteiger partial charge in [0.05, 0.1) is 5.60 Å². The first-order chi connectivity index (χ1) is 12.2. The van der Waals surface area contributed by atoms with Gasteiger partial charge in [-0.2, -0.15) is 0 Å². The topological polar surface area (TPSA) is 84.1 Å². The Morgan fingerprint density at radius 2 is 2.08 bits per heavy atom. The Bertz CT molecular complexity index is 720. The number of piperidine rings is 1. The number of hydrogen-bond acceptors (Lipinski definition) is 5. The van der Waals surface area contributed by atoms with Crippen molar-refractivity contribution in [2.45, 2.75) is 43.7 Å². The first-order valence-corrected chi connectivity index (χ1v) is 8.96. The van der Waals surface area contributed by atoms with Crippen LogP contribution in [0, 0.1) is 5.92 Å². The van der Waals surface area contributed by atoms with Gasteiger partial charge in [-0.05, 0) is 35.3 Å². The lowest BCUT2D eigenvalue weighted by Gasteiger charge is -2.47. The molecule has 25 heavy (non-hydrogen) atoms. The molecule has 1 aliphatic carbocycles. The molecule has 0 bridgehead atoms. The van der Waals surface area contributed by atoms with E-state index in [4.69, 9.17) is 0 Å². The van der Waals surface area contributed by atoms with Crippen LogP contribution in [0.2, 0.25) is 0 Å². The zero-order chi connectivity index (χ0) is 17.3. The number of carbonyl (C=O) groups excluding carboxylic acids is 1. The van der Waals surface area contributed by atoms with Crippen molar-refractivity contribution in [3.8, 4) is 0 Å². The number of rotatable bonds is 3. The summed E-state index contributed by atoms with van der Waals surface area (Å²) in [5.74, 6) is 0.162. The predicted molar refractivity (Wildman–Crippen MR) is 90.5 cm³/mol. The number of nitrogens with zero attached hydrogens (tertiary/aromatic N) is 5. The van der Waals surface area contributed by atoms with Crippen LogP contribution >= 0.6 is 0 Å². The van der Waals surface area contributed by atoms with E-state index in [1.54, 1.807) is 0 Å². The van der Waals surface area contributed by atoms with Crippen LogP contribution in [0.3, 0.4) is 0 Å². The highest BCUT2D eigenvalue weighted by Gasteiger charge is 2.44. The molecule has 132 valence electrons. The maximum absolute atomic E-state index is 13.3. The average molecular weight is 341 g/mol. The van der Waals surface area contributed by atoms with Crippen molar-refractivity contribution in [2.24, 2.45) is 5.92 Å². The molecule has 1 saturated carbocycles. The molecular weight excluding hydrogens is 318 g/mol. The zero-order valence-corrected chi connectivity index (χ0v) is 14.2. The lowest BCUT2D eigenvalue weighted by molar-refractivity contribution is -0.145. The van der Waals surface area contributed by atoms with Gasteiger partial charge in [0.15, 0.2) is 6.04 Å². The largest absolute Gasteiger partial charge is 0.389 e. The minimum Gasteiger partial charge on any atom is -0.389 e. The third-order valence-corrected chi connectivity index (χ3v) is 5.72. The van der Waals surface area contributed by atoms with Crippen LogP contribution in [0.1, 0.15) is 43.7 Å². The molecule has 7 heteroatoms. The molecule has 3 atom stereocenters. The molecule has 7 nitrogen and oxygen atoms in total. The van der Waals surface area contributed by atoms with Gasteiger partial charge in [0, 0.05) is 19.0 Å². The number of hydrogen-bond donors (Lipinski definition) is 1. The van der Waals surface area contributed by atoms with Gasteiger partial charge in [0.1, 0.15) is 6.33 Å². The van der Waals surface area contributed by atoms with Crippen molar-refractivity contribution in [2.75, 3.05) is 13.1 Å². The SMILES string of the molecule is O=C([C@H](c1ccccc1)n1cnnn1)N1CC[C@]2(O)CCCC[C@H]2C1. The third-order valence-electron chi connectivity index (χ3n) is 5.72. The van der Waals surface area contributed by atoms with Gasteiger partial charge in [-0.25, -0.2) is 4.68 Å². The first kappa shape index (κ1) is 16.2. The molecule has 1 N–H and O–H groups in total. The van der Waals surface area contributed by atoms with Crippen molar-refractivity contribution in [3.05, 3.63) is 42.2 Å². The molecule has 1 aromatic heterocycles. The summed E-state index contributed by atoms with van der Waals surface area (Å²) in [6, 6.07) is 9.03. The lowest BCUT2D eigenvalue weighted by atomic mass is 9.71.